The van der Waals surface area contributed by atoms with Crippen molar-refractivity contribution >= 4 is 11.8 Å². The fraction of sp³-hybridized carbons (Fsp3) is 0.556. The largest absolute Gasteiger partial charge is 0.478 e. The van der Waals surface area contributed by atoms with Gasteiger partial charge in [-0.15, -0.1) is 0 Å². The van der Waals surface area contributed by atoms with E-state index >= 15 is 0 Å². The average Bonchev–Trinajstić information content (AvgIpc) is 2.36. The Morgan fingerprint density at radius 3 is 2.92 bits per heavy atom. The summed E-state index contributed by atoms with van der Waals surface area (Å²) in [5, 5.41) is 8.28. The number of rotatable bonds is 3. The van der Waals surface area contributed by atoms with E-state index in [1.165, 1.54) is 0 Å². The van der Waals surface area contributed by atoms with Crippen molar-refractivity contribution in [3.63, 3.8) is 0 Å². The predicted octanol–water partition coefficient (Wildman–Crippen LogP) is 1.39. The maximum atomic E-state index is 11.1. The normalized spacial score (nSPS) is 23.7. The van der Waals surface area contributed by atoms with Crippen molar-refractivity contribution in [1.29, 1.82) is 0 Å². The third kappa shape index (κ3) is 2.49. The van der Waals surface area contributed by atoms with Crippen molar-refractivity contribution < 1.29 is 14.7 Å². The number of carbonyl (C=O) groups is 2. The molecule has 0 saturated heterocycles. The van der Waals surface area contributed by atoms with E-state index in [1.807, 2.05) is 0 Å². The summed E-state index contributed by atoms with van der Waals surface area (Å²) in [4.78, 5) is 21.2. The number of Topliss-reactive ketones (excluding diaryl/α,β-unsaturated/α-hetero) is 1. The minimum atomic E-state index is -0.944. The summed E-state index contributed by atoms with van der Waals surface area (Å²) in [6.07, 6.45) is 5.81. The highest BCUT2D eigenvalue weighted by molar-refractivity contribution is 5.83. The van der Waals surface area contributed by atoms with Crippen LogP contribution in [0, 0.1) is 5.92 Å². The second-order valence-corrected chi connectivity index (χ2v) is 3.03. The first kappa shape index (κ1) is 8.97. The predicted molar refractivity (Wildman–Crippen MR) is 43.7 cm³/mol. The Morgan fingerprint density at radius 1 is 1.67 bits per heavy atom. The lowest BCUT2D eigenvalue weighted by Crippen LogP contribution is -2.04. The Morgan fingerprint density at radius 2 is 2.42 bits per heavy atom. The van der Waals surface area contributed by atoms with Gasteiger partial charge in [0.1, 0.15) is 5.78 Å². The Bertz CT molecular complexity index is 218. The van der Waals surface area contributed by atoms with Crippen LogP contribution in [0.15, 0.2) is 12.2 Å². The number of hydrogen-bond donors (Lipinski definition) is 1. The van der Waals surface area contributed by atoms with Crippen molar-refractivity contribution in [2.75, 3.05) is 0 Å². The van der Waals surface area contributed by atoms with E-state index in [0.717, 1.165) is 18.9 Å². The lowest BCUT2D eigenvalue weighted by Gasteiger charge is -2.00. The summed E-state index contributed by atoms with van der Waals surface area (Å²) in [5.74, 6) is -0.578. The number of carboxylic acid groups (broad SMARTS) is 1. The van der Waals surface area contributed by atoms with E-state index in [4.69, 9.17) is 5.11 Å². The first-order valence-electron chi connectivity index (χ1n) is 4.12. The summed E-state index contributed by atoms with van der Waals surface area (Å²) in [6.45, 7) is 0. The van der Waals surface area contributed by atoms with Crippen LogP contribution in [-0.2, 0) is 9.59 Å². The van der Waals surface area contributed by atoms with Crippen LogP contribution >= 0.6 is 0 Å². The minimum absolute atomic E-state index is 0.0839. The topological polar surface area (TPSA) is 54.4 Å². The van der Waals surface area contributed by atoms with Gasteiger partial charge in [-0.1, -0.05) is 6.08 Å². The number of hydrogen-bond acceptors (Lipinski definition) is 2. The van der Waals surface area contributed by atoms with E-state index in [9.17, 15) is 9.59 Å². The molecule has 0 aromatic heterocycles. The zero-order valence-corrected chi connectivity index (χ0v) is 6.82. The van der Waals surface area contributed by atoms with E-state index in [1.54, 1.807) is 6.08 Å². The van der Waals surface area contributed by atoms with E-state index < -0.39 is 5.97 Å². The molecule has 1 N–H and O–H groups in total. The first-order chi connectivity index (χ1) is 5.70. The second-order valence-electron chi connectivity index (χ2n) is 3.03. The molecule has 0 aromatic carbocycles. The molecule has 1 saturated carbocycles. The van der Waals surface area contributed by atoms with Gasteiger partial charge < -0.3 is 5.11 Å². The van der Waals surface area contributed by atoms with Crippen molar-refractivity contribution in [2.45, 2.75) is 25.7 Å². The number of carboxylic acids is 1. The van der Waals surface area contributed by atoms with Gasteiger partial charge in [-0.05, 0) is 19.3 Å². The summed E-state index contributed by atoms with van der Waals surface area (Å²) in [7, 11) is 0. The first-order valence-corrected chi connectivity index (χ1v) is 4.12. The molecule has 1 fully saturated rings. The highest BCUT2D eigenvalue weighted by Crippen LogP contribution is 2.24. The quantitative estimate of drug-likeness (QED) is 0.648. The Kier molecular flexibility index (Phi) is 3.02. The molecule has 0 amide bonds. The summed E-state index contributed by atoms with van der Waals surface area (Å²) < 4.78 is 0. The van der Waals surface area contributed by atoms with Gasteiger partial charge in [-0.3, -0.25) is 4.79 Å². The van der Waals surface area contributed by atoms with Gasteiger partial charge in [0.2, 0.25) is 0 Å². The molecule has 3 heteroatoms. The Labute approximate surface area is 71.1 Å². The molecule has 0 bridgehead atoms. The zero-order chi connectivity index (χ0) is 8.97. The molecule has 1 unspecified atom stereocenters. The molecule has 1 aliphatic rings. The highest BCUT2D eigenvalue weighted by atomic mass is 16.4. The third-order valence-electron chi connectivity index (χ3n) is 2.11. The maximum absolute atomic E-state index is 11.1. The van der Waals surface area contributed by atoms with Crippen LogP contribution < -0.4 is 0 Å². The van der Waals surface area contributed by atoms with Crippen molar-refractivity contribution in [3.8, 4) is 0 Å². The van der Waals surface area contributed by atoms with Crippen LogP contribution in [0.1, 0.15) is 25.7 Å². The van der Waals surface area contributed by atoms with E-state index in [-0.39, 0.29) is 11.7 Å². The fourth-order valence-corrected chi connectivity index (χ4v) is 1.47. The van der Waals surface area contributed by atoms with Gasteiger partial charge in [0.25, 0.3) is 0 Å². The molecule has 0 aromatic rings. The van der Waals surface area contributed by atoms with Crippen molar-refractivity contribution in [1.82, 2.24) is 0 Å². The van der Waals surface area contributed by atoms with E-state index in [2.05, 4.69) is 0 Å². The number of carbonyl (C=O) groups excluding carboxylic acids is 1. The molecule has 1 atom stereocenters. The third-order valence-corrected chi connectivity index (χ3v) is 2.11. The summed E-state index contributed by atoms with van der Waals surface area (Å²) in [6, 6.07) is 0. The summed E-state index contributed by atoms with van der Waals surface area (Å²) in [5.41, 5.74) is 0. The average molecular weight is 168 g/mol. The fourth-order valence-electron chi connectivity index (χ4n) is 1.47. The lowest BCUT2D eigenvalue weighted by atomic mass is 10.0. The molecule has 3 nitrogen and oxygen atoms in total. The molecule has 0 spiro atoms. The van der Waals surface area contributed by atoms with Crippen molar-refractivity contribution in [2.24, 2.45) is 5.92 Å². The van der Waals surface area contributed by atoms with Gasteiger partial charge in [0, 0.05) is 18.4 Å². The van der Waals surface area contributed by atoms with Gasteiger partial charge in [-0.2, -0.15) is 0 Å². The van der Waals surface area contributed by atoms with Gasteiger partial charge in [0.15, 0.2) is 0 Å². The zero-order valence-electron chi connectivity index (χ0n) is 6.82. The molecule has 1 rings (SSSR count). The molecule has 1 aliphatic carbocycles. The van der Waals surface area contributed by atoms with Crippen LogP contribution in [0.4, 0.5) is 0 Å². The van der Waals surface area contributed by atoms with Crippen LogP contribution in [0.3, 0.4) is 0 Å². The number of aliphatic carboxylic acids is 1. The van der Waals surface area contributed by atoms with Gasteiger partial charge in [0.05, 0.1) is 0 Å². The highest BCUT2D eigenvalue weighted by Gasteiger charge is 2.22. The maximum Gasteiger partial charge on any atom is 0.327 e. The molecule has 0 aliphatic heterocycles. The lowest BCUT2D eigenvalue weighted by molar-refractivity contribution is -0.131. The van der Waals surface area contributed by atoms with E-state index in [0.29, 0.717) is 12.8 Å². The second kappa shape index (κ2) is 4.04. The molecule has 0 heterocycles. The molecule has 0 radical (unpaired) electrons. The smallest absolute Gasteiger partial charge is 0.327 e. The van der Waals surface area contributed by atoms with Gasteiger partial charge >= 0.3 is 5.97 Å². The van der Waals surface area contributed by atoms with Crippen LogP contribution in [-0.4, -0.2) is 16.9 Å². The number of ketones is 1. The molecule has 12 heavy (non-hydrogen) atoms. The SMILES string of the molecule is O=C(O)/C=C/CC1CCCC1=O. The number of allylic oxidation sites excluding steroid dienone is 1. The molecule has 66 valence electrons. The van der Waals surface area contributed by atoms with Crippen LogP contribution in [0.25, 0.3) is 0 Å². The molecular formula is C9H12O3. The minimum Gasteiger partial charge on any atom is -0.478 e. The summed E-state index contributed by atoms with van der Waals surface area (Å²) >= 11 is 0. The molecular weight excluding hydrogens is 156 g/mol. The van der Waals surface area contributed by atoms with Gasteiger partial charge in [-0.25, -0.2) is 4.79 Å². The standard InChI is InChI=1S/C9H12O3/c10-8-5-1-3-7(8)4-2-6-9(11)12/h2,6-7H,1,3-5H2,(H,11,12)/b6-2+. The van der Waals surface area contributed by atoms with Crippen LogP contribution in [0.2, 0.25) is 0 Å². The van der Waals surface area contributed by atoms with Crippen LogP contribution in [0.5, 0.6) is 0 Å². The van der Waals surface area contributed by atoms with Crippen molar-refractivity contribution in [3.05, 3.63) is 12.2 Å². The monoisotopic (exact) mass is 168 g/mol. The Hall–Kier alpha value is -1.12. The Balaban J connectivity index is 2.31.